The third-order valence-electron chi connectivity index (χ3n) is 4.04. The van der Waals surface area contributed by atoms with Gasteiger partial charge in [-0.25, -0.2) is 4.68 Å². The molecule has 1 unspecified atom stereocenters. The average Bonchev–Trinajstić information content (AvgIpc) is 3.23. The molecule has 0 saturated carbocycles. The lowest BCUT2D eigenvalue weighted by atomic mass is 10.2. The molecule has 1 N–H and O–H groups in total. The van der Waals surface area contributed by atoms with E-state index in [1.54, 1.807) is 18.2 Å². The lowest BCUT2D eigenvalue weighted by Crippen LogP contribution is -2.39. The summed E-state index contributed by atoms with van der Waals surface area (Å²) in [6.45, 7) is 1.28. The van der Waals surface area contributed by atoms with E-state index < -0.39 is 23.5 Å². The lowest BCUT2D eigenvalue weighted by molar-refractivity contribution is -0.143. The molecule has 6 nitrogen and oxygen atoms in total. The third kappa shape index (κ3) is 2.99. The summed E-state index contributed by atoms with van der Waals surface area (Å²) < 4.78 is 41.3. The zero-order valence-electron chi connectivity index (χ0n) is 12.9. The SMILES string of the molecule is CN(C(=O)c1nnn(-c2ccccc2)c1C(F)(F)F)C1CCNC1. The number of aromatic nitrogens is 3. The number of hydrogen-bond acceptors (Lipinski definition) is 4. The molecule has 0 spiro atoms. The largest absolute Gasteiger partial charge is 0.435 e. The maximum Gasteiger partial charge on any atom is 0.435 e. The van der Waals surface area contributed by atoms with Crippen LogP contribution in [0.25, 0.3) is 5.69 Å². The second kappa shape index (κ2) is 6.23. The van der Waals surface area contributed by atoms with Gasteiger partial charge in [0, 0.05) is 19.6 Å². The highest BCUT2D eigenvalue weighted by molar-refractivity contribution is 5.93. The Morgan fingerprint density at radius 3 is 2.62 bits per heavy atom. The van der Waals surface area contributed by atoms with Gasteiger partial charge >= 0.3 is 6.18 Å². The van der Waals surface area contributed by atoms with Crippen molar-refractivity contribution in [2.24, 2.45) is 0 Å². The third-order valence-corrected chi connectivity index (χ3v) is 4.04. The molecule has 3 rings (SSSR count). The number of alkyl halides is 3. The molecule has 1 fully saturated rings. The molecule has 1 saturated heterocycles. The monoisotopic (exact) mass is 339 g/mol. The number of amides is 1. The summed E-state index contributed by atoms with van der Waals surface area (Å²) in [4.78, 5) is 13.8. The fourth-order valence-corrected chi connectivity index (χ4v) is 2.73. The molecular formula is C15H16F3N5O. The maximum absolute atomic E-state index is 13.5. The van der Waals surface area contributed by atoms with Gasteiger partial charge in [0.15, 0.2) is 11.4 Å². The summed E-state index contributed by atoms with van der Waals surface area (Å²) in [5.74, 6) is -0.779. The normalized spacial score (nSPS) is 17.9. The molecule has 0 bridgehead atoms. The van der Waals surface area contributed by atoms with Gasteiger partial charge in [0.1, 0.15) is 0 Å². The summed E-state index contributed by atoms with van der Waals surface area (Å²) in [7, 11) is 1.49. The van der Waals surface area contributed by atoms with Crippen molar-refractivity contribution >= 4 is 5.91 Å². The predicted molar refractivity (Wildman–Crippen MR) is 79.7 cm³/mol. The molecule has 1 aliphatic rings. The van der Waals surface area contributed by atoms with Gasteiger partial charge in [-0.2, -0.15) is 13.2 Å². The number of benzene rings is 1. The van der Waals surface area contributed by atoms with Crippen LogP contribution in [0.1, 0.15) is 22.6 Å². The van der Waals surface area contributed by atoms with E-state index in [1.165, 1.54) is 24.1 Å². The molecule has 1 atom stereocenters. The van der Waals surface area contributed by atoms with Crippen LogP contribution in [0.3, 0.4) is 0 Å². The number of carbonyl (C=O) groups excluding carboxylic acids is 1. The highest BCUT2D eigenvalue weighted by Crippen LogP contribution is 2.33. The van der Waals surface area contributed by atoms with Crippen LogP contribution >= 0.6 is 0 Å². The zero-order chi connectivity index (χ0) is 17.3. The van der Waals surface area contributed by atoms with Gasteiger partial charge in [-0.15, -0.1) is 5.10 Å². The van der Waals surface area contributed by atoms with Crippen LogP contribution in [0.5, 0.6) is 0 Å². The summed E-state index contributed by atoms with van der Waals surface area (Å²) >= 11 is 0. The average molecular weight is 339 g/mol. The van der Waals surface area contributed by atoms with Gasteiger partial charge in [-0.3, -0.25) is 4.79 Å². The Bertz CT molecular complexity index is 722. The molecule has 1 aromatic heterocycles. The zero-order valence-corrected chi connectivity index (χ0v) is 12.9. The van der Waals surface area contributed by atoms with E-state index in [1.807, 2.05) is 0 Å². The summed E-state index contributed by atoms with van der Waals surface area (Å²) in [6.07, 6.45) is -4.06. The van der Waals surface area contributed by atoms with Crippen LogP contribution in [-0.2, 0) is 6.18 Å². The van der Waals surface area contributed by atoms with Crippen LogP contribution in [0.15, 0.2) is 30.3 Å². The predicted octanol–water partition coefficient (Wildman–Crippen LogP) is 1.72. The fourth-order valence-electron chi connectivity index (χ4n) is 2.73. The number of likely N-dealkylation sites (N-methyl/N-ethyl adjacent to an activating group) is 1. The molecule has 24 heavy (non-hydrogen) atoms. The smallest absolute Gasteiger partial charge is 0.336 e. The second-order valence-electron chi connectivity index (χ2n) is 5.59. The van der Waals surface area contributed by atoms with Gasteiger partial charge in [0.2, 0.25) is 0 Å². The van der Waals surface area contributed by atoms with Crippen molar-refractivity contribution < 1.29 is 18.0 Å². The number of carbonyl (C=O) groups is 1. The number of hydrogen-bond donors (Lipinski definition) is 1. The van der Waals surface area contributed by atoms with Crippen molar-refractivity contribution in [1.82, 2.24) is 25.2 Å². The van der Waals surface area contributed by atoms with E-state index in [2.05, 4.69) is 15.6 Å². The van der Waals surface area contributed by atoms with E-state index in [9.17, 15) is 18.0 Å². The Morgan fingerprint density at radius 1 is 1.33 bits per heavy atom. The van der Waals surface area contributed by atoms with Gasteiger partial charge < -0.3 is 10.2 Å². The molecule has 1 amide bonds. The molecule has 2 heterocycles. The molecule has 0 aliphatic carbocycles. The number of halogens is 3. The first-order chi connectivity index (χ1) is 11.4. The Hall–Kier alpha value is -2.42. The fraction of sp³-hybridized carbons (Fsp3) is 0.400. The topological polar surface area (TPSA) is 63.1 Å². The van der Waals surface area contributed by atoms with E-state index in [-0.39, 0.29) is 11.7 Å². The van der Waals surface area contributed by atoms with Gasteiger partial charge in [-0.05, 0) is 25.1 Å². The van der Waals surface area contributed by atoms with Gasteiger partial charge in [0.05, 0.1) is 5.69 Å². The summed E-state index contributed by atoms with van der Waals surface area (Å²) in [5, 5.41) is 10.2. The molecule has 1 aromatic carbocycles. The van der Waals surface area contributed by atoms with Crippen molar-refractivity contribution in [3.8, 4) is 5.69 Å². The Labute approximate surface area is 136 Å². The van der Waals surface area contributed by atoms with Crippen molar-refractivity contribution in [1.29, 1.82) is 0 Å². The van der Waals surface area contributed by atoms with Crippen LogP contribution in [0, 0.1) is 0 Å². The molecular weight excluding hydrogens is 323 g/mol. The summed E-state index contributed by atoms with van der Waals surface area (Å²) in [5.41, 5.74) is -1.64. The van der Waals surface area contributed by atoms with E-state index >= 15 is 0 Å². The number of rotatable bonds is 3. The number of nitrogens with zero attached hydrogens (tertiary/aromatic N) is 4. The van der Waals surface area contributed by atoms with Crippen LogP contribution < -0.4 is 5.32 Å². The molecule has 1 aliphatic heterocycles. The highest BCUT2D eigenvalue weighted by Gasteiger charge is 2.43. The lowest BCUT2D eigenvalue weighted by Gasteiger charge is -2.23. The Morgan fingerprint density at radius 2 is 2.04 bits per heavy atom. The second-order valence-corrected chi connectivity index (χ2v) is 5.59. The van der Waals surface area contributed by atoms with Crippen molar-refractivity contribution in [3.63, 3.8) is 0 Å². The minimum absolute atomic E-state index is 0.152. The highest BCUT2D eigenvalue weighted by atomic mass is 19.4. The van der Waals surface area contributed by atoms with Crippen molar-refractivity contribution in [2.45, 2.75) is 18.6 Å². The quantitative estimate of drug-likeness (QED) is 0.925. The van der Waals surface area contributed by atoms with Crippen LogP contribution in [0.2, 0.25) is 0 Å². The minimum atomic E-state index is -4.75. The Kier molecular flexibility index (Phi) is 4.27. The van der Waals surface area contributed by atoms with E-state index in [4.69, 9.17) is 0 Å². The van der Waals surface area contributed by atoms with Crippen LogP contribution in [0.4, 0.5) is 13.2 Å². The van der Waals surface area contributed by atoms with Gasteiger partial charge in [-0.1, -0.05) is 23.4 Å². The van der Waals surface area contributed by atoms with Crippen molar-refractivity contribution in [3.05, 3.63) is 41.7 Å². The molecule has 2 aromatic rings. The van der Waals surface area contributed by atoms with E-state index in [0.29, 0.717) is 17.6 Å². The first kappa shape index (κ1) is 16.4. The first-order valence-electron chi connectivity index (χ1n) is 7.46. The number of para-hydroxylation sites is 1. The minimum Gasteiger partial charge on any atom is -0.336 e. The first-order valence-corrected chi connectivity index (χ1v) is 7.46. The van der Waals surface area contributed by atoms with Crippen LogP contribution in [-0.4, -0.2) is 52.0 Å². The molecule has 128 valence electrons. The Balaban J connectivity index is 2.02. The van der Waals surface area contributed by atoms with Crippen molar-refractivity contribution in [2.75, 3.05) is 20.1 Å². The molecule has 9 heteroatoms. The maximum atomic E-state index is 13.5. The standard InChI is InChI=1S/C15H16F3N5O/c1-22(11-7-8-19-9-11)14(24)12-13(15(16,17)18)23(21-20-12)10-5-3-2-4-6-10/h2-6,11,19H,7-9H2,1H3. The van der Waals surface area contributed by atoms with Gasteiger partial charge in [0.25, 0.3) is 5.91 Å². The molecule has 0 radical (unpaired) electrons. The summed E-state index contributed by atoms with van der Waals surface area (Å²) in [6, 6.07) is 7.66. The van der Waals surface area contributed by atoms with E-state index in [0.717, 1.165) is 6.54 Å². The number of nitrogens with one attached hydrogen (secondary N) is 1.